The first-order chi connectivity index (χ1) is 11.2. The van der Waals surface area contributed by atoms with Crippen molar-refractivity contribution in [2.75, 3.05) is 13.1 Å². The van der Waals surface area contributed by atoms with Gasteiger partial charge in [-0.25, -0.2) is 0 Å². The van der Waals surface area contributed by atoms with Crippen LogP contribution in [0.1, 0.15) is 63.5 Å². The molecule has 1 saturated carbocycles. The second-order valence-electron chi connectivity index (χ2n) is 6.65. The Kier molecular flexibility index (Phi) is 7.60. The molecule has 1 aliphatic carbocycles. The molecule has 0 amide bonds. The third-order valence-corrected chi connectivity index (χ3v) is 4.90. The van der Waals surface area contributed by atoms with Crippen molar-refractivity contribution in [1.29, 1.82) is 0 Å². The summed E-state index contributed by atoms with van der Waals surface area (Å²) in [5.41, 5.74) is 2.39. The zero-order valence-electron chi connectivity index (χ0n) is 14.7. The van der Waals surface area contributed by atoms with E-state index < -0.39 is 0 Å². The van der Waals surface area contributed by atoms with Gasteiger partial charge >= 0.3 is 5.97 Å². The fourth-order valence-corrected chi connectivity index (χ4v) is 3.30. The Morgan fingerprint density at radius 3 is 2.26 bits per heavy atom. The standard InChI is InChI=1S/C20H31NO2/c1-3-21(4-2)15-18-10-12-19(13-11-18)16-23-20(22)14-17-8-6-5-7-9-17/h10-13,17H,3-9,14-16H2,1-2H3. The summed E-state index contributed by atoms with van der Waals surface area (Å²) in [6.07, 6.45) is 6.84. The first-order valence-electron chi connectivity index (χ1n) is 9.17. The number of rotatable bonds is 8. The zero-order chi connectivity index (χ0) is 16.5. The molecule has 0 atom stereocenters. The van der Waals surface area contributed by atoms with Gasteiger partial charge < -0.3 is 4.74 Å². The van der Waals surface area contributed by atoms with Crippen molar-refractivity contribution in [1.82, 2.24) is 4.90 Å². The van der Waals surface area contributed by atoms with Crippen LogP contribution in [0, 0.1) is 5.92 Å². The van der Waals surface area contributed by atoms with Crippen LogP contribution in [0.5, 0.6) is 0 Å². The molecular formula is C20H31NO2. The second kappa shape index (κ2) is 9.71. The van der Waals surface area contributed by atoms with Crippen LogP contribution < -0.4 is 0 Å². The molecule has 1 fully saturated rings. The molecule has 0 heterocycles. The lowest BCUT2D eigenvalue weighted by atomic mass is 9.87. The van der Waals surface area contributed by atoms with Crippen molar-refractivity contribution in [2.45, 2.75) is 65.5 Å². The minimum Gasteiger partial charge on any atom is -0.461 e. The highest BCUT2D eigenvalue weighted by molar-refractivity contribution is 5.69. The van der Waals surface area contributed by atoms with Gasteiger partial charge in [0.1, 0.15) is 6.61 Å². The van der Waals surface area contributed by atoms with Crippen molar-refractivity contribution >= 4 is 5.97 Å². The molecule has 0 radical (unpaired) electrons. The summed E-state index contributed by atoms with van der Waals surface area (Å²) < 4.78 is 5.44. The van der Waals surface area contributed by atoms with Gasteiger partial charge in [-0.3, -0.25) is 9.69 Å². The Hall–Kier alpha value is -1.35. The van der Waals surface area contributed by atoms with Gasteiger partial charge in [0, 0.05) is 13.0 Å². The van der Waals surface area contributed by atoms with Crippen LogP contribution in [0.25, 0.3) is 0 Å². The Labute approximate surface area is 141 Å². The van der Waals surface area contributed by atoms with Crippen LogP contribution in [-0.2, 0) is 22.7 Å². The van der Waals surface area contributed by atoms with Gasteiger partial charge in [-0.05, 0) is 43.0 Å². The van der Waals surface area contributed by atoms with Gasteiger partial charge in [0.2, 0.25) is 0 Å². The summed E-state index contributed by atoms with van der Waals surface area (Å²) in [4.78, 5) is 14.3. The SMILES string of the molecule is CCN(CC)Cc1ccc(COC(=O)CC2CCCCC2)cc1. The predicted octanol–water partition coefficient (Wildman–Crippen LogP) is 4.54. The van der Waals surface area contributed by atoms with E-state index in [9.17, 15) is 4.79 Å². The lowest BCUT2D eigenvalue weighted by Gasteiger charge is -2.20. The van der Waals surface area contributed by atoms with E-state index in [2.05, 4.69) is 43.0 Å². The topological polar surface area (TPSA) is 29.5 Å². The molecule has 0 bridgehead atoms. The van der Waals surface area contributed by atoms with E-state index >= 15 is 0 Å². The number of esters is 1. The van der Waals surface area contributed by atoms with Gasteiger partial charge in [0.15, 0.2) is 0 Å². The molecule has 0 spiro atoms. The quantitative estimate of drug-likeness (QED) is 0.659. The summed E-state index contributed by atoms with van der Waals surface area (Å²) in [6.45, 7) is 7.88. The third-order valence-electron chi connectivity index (χ3n) is 4.90. The summed E-state index contributed by atoms with van der Waals surface area (Å²) in [5, 5.41) is 0. The Morgan fingerprint density at radius 1 is 1.04 bits per heavy atom. The number of benzene rings is 1. The predicted molar refractivity (Wildman–Crippen MR) is 94.1 cm³/mol. The lowest BCUT2D eigenvalue weighted by molar-refractivity contribution is -0.146. The van der Waals surface area contributed by atoms with Crippen LogP contribution in [0.3, 0.4) is 0 Å². The highest BCUT2D eigenvalue weighted by Gasteiger charge is 2.17. The lowest BCUT2D eigenvalue weighted by Crippen LogP contribution is -2.22. The second-order valence-corrected chi connectivity index (χ2v) is 6.65. The molecule has 0 aliphatic heterocycles. The number of ether oxygens (including phenoxy) is 1. The highest BCUT2D eigenvalue weighted by Crippen LogP contribution is 2.26. The maximum Gasteiger partial charge on any atom is 0.306 e. The average molecular weight is 317 g/mol. The summed E-state index contributed by atoms with van der Waals surface area (Å²) in [5.74, 6) is 0.511. The Bertz CT molecular complexity index is 459. The largest absolute Gasteiger partial charge is 0.461 e. The molecule has 23 heavy (non-hydrogen) atoms. The number of carbonyl (C=O) groups is 1. The number of hydrogen-bond donors (Lipinski definition) is 0. The van der Waals surface area contributed by atoms with Gasteiger partial charge in [0.25, 0.3) is 0 Å². The van der Waals surface area contributed by atoms with Gasteiger partial charge in [0.05, 0.1) is 0 Å². The van der Waals surface area contributed by atoms with Gasteiger partial charge in [-0.2, -0.15) is 0 Å². The summed E-state index contributed by atoms with van der Waals surface area (Å²) in [6, 6.07) is 8.44. The highest BCUT2D eigenvalue weighted by atomic mass is 16.5. The van der Waals surface area contributed by atoms with E-state index in [1.807, 2.05) is 0 Å². The van der Waals surface area contributed by atoms with Crippen LogP contribution in [0.4, 0.5) is 0 Å². The van der Waals surface area contributed by atoms with E-state index in [1.54, 1.807) is 0 Å². The van der Waals surface area contributed by atoms with Crippen molar-refractivity contribution in [2.24, 2.45) is 5.92 Å². The van der Waals surface area contributed by atoms with Gasteiger partial charge in [-0.15, -0.1) is 0 Å². The molecule has 1 aromatic rings. The molecule has 1 aliphatic rings. The molecule has 0 aromatic heterocycles. The fraction of sp³-hybridized carbons (Fsp3) is 0.650. The molecular weight excluding hydrogens is 286 g/mol. The van der Waals surface area contributed by atoms with E-state index in [0.717, 1.165) is 25.2 Å². The van der Waals surface area contributed by atoms with Crippen LogP contribution in [0.2, 0.25) is 0 Å². The molecule has 3 nitrogen and oxygen atoms in total. The van der Waals surface area contributed by atoms with Crippen molar-refractivity contribution in [3.05, 3.63) is 35.4 Å². The van der Waals surface area contributed by atoms with E-state index in [0.29, 0.717) is 18.9 Å². The summed E-state index contributed by atoms with van der Waals surface area (Å²) >= 11 is 0. The fourth-order valence-electron chi connectivity index (χ4n) is 3.30. The molecule has 0 N–H and O–H groups in total. The zero-order valence-corrected chi connectivity index (χ0v) is 14.7. The van der Waals surface area contributed by atoms with Crippen LogP contribution in [0.15, 0.2) is 24.3 Å². The molecule has 2 rings (SSSR count). The molecule has 0 unspecified atom stereocenters. The Morgan fingerprint density at radius 2 is 1.65 bits per heavy atom. The van der Waals surface area contributed by atoms with Crippen molar-refractivity contribution in [3.63, 3.8) is 0 Å². The minimum absolute atomic E-state index is 0.0379. The maximum atomic E-state index is 11.9. The minimum atomic E-state index is -0.0379. The van der Waals surface area contributed by atoms with Crippen molar-refractivity contribution in [3.8, 4) is 0 Å². The molecule has 3 heteroatoms. The number of carbonyl (C=O) groups excluding carboxylic acids is 1. The number of hydrogen-bond acceptors (Lipinski definition) is 3. The molecule has 1 aromatic carbocycles. The molecule has 128 valence electrons. The Balaban J connectivity index is 1.73. The van der Waals surface area contributed by atoms with Crippen LogP contribution >= 0.6 is 0 Å². The smallest absolute Gasteiger partial charge is 0.306 e. The van der Waals surface area contributed by atoms with E-state index in [1.165, 1.54) is 37.7 Å². The first-order valence-corrected chi connectivity index (χ1v) is 9.17. The number of nitrogens with zero attached hydrogens (tertiary/aromatic N) is 1. The van der Waals surface area contributed by atoms with Crippen molar-refractivity contribution < 1.29 is 9.53 Å². The van der Waals surface area contributed by atoms with E-state index in [-0.39, 0.29) is 5.97 Å². The average Bonchev–Trinajstić information content (AvgIpc) is 2.60. The van der Waals surface area contributed by atoms with E-state index in [4.69, 9.17) is 4.74 Å². The van der Waals surface area contributed by atoms with Crippen LogP contribution in [-0.4, -0.2) is 24.0 Å². The summed E-state index contributed by atoms with van der Waals surface area (Å²) in [7, 11) is 0. The monoisotopic (exact) mass is 317 g/mol. The van der Waals surface area contributed by atoms with Gasteiger partial charge in [-0.1, -0.05) is 57.4 Å². The maximum absolute atomic E-state index is 11.9. The molecule has 0 saturated heterocycles. The normalized spacial score (nSPS) is 15.8. The third kappa shape index (κ3) is 6.34. The first kappa shape index (κ1) is 18.0.